The molecule has 3 N–H and O–H groups in total. The highest BCUT2D eigenvalue weighted by molar-refractivity contribution is 5.94. The minimum Gasteiger partial charge on any atom is -0.379 e. The molecule has 1 aromatic carbocycles. The van der Waals surface area contributed by atoms with Crippen LogP contribution in [0.1, 0.15) is 29.6 Å². The molecular formula is C12H15N3O3. The summed E-state index contributed by atoms with van der Waals surface area (Å²) < 4.78 is 0. The minimum absolute atomic E-state index is 0.0284. The van der Waals surface area contributed by atoms with Gasteiger partial charge in [0.25, 0.3) is 5.69 Å². The van der Waals surface area contributed by atoms with Gasteiger partial charge in [-0.1, -0.05) is 6.42 Å². The molecule has 0 aliphatic heterocycles. The number of carbonyl (C=O) groups is 1. The average Bonchev–Trinajstić information content (AvgIpc) is 2.26. The molecule has 96 valence electrons. The molecule has 0 bridgehead atoms. The van der Waals surface area contributed by atoms with Crippen LogP contribution in [0.15, 0.2) is 18.2 Å². The maximum absolute atomic E-state index is 11.1. The van der Waals surface area contributed by atoms with Crippen LogP contribution in [0.5, 0.6) is 0 Å². The van der Waals surface area contributed by atoms with Crippen molar-refractivity contribution in [1.82, 2.24) is 0 Å². The van der Waals surface area contributed by atoms with Gasteiger partial charge in [-0.2, -0.15) is 0 Å². The van der Waals surface area contributed by atoms with Crippen molar-refractivity contribution in [2.45, 2.75) is 19.3 Å². The van der Waals surface area contributed by atoms with Crippen molar-refractivity contribution in [2.75, 3.05) is 11.9 Å². The second-order valence-corrected chi connectivity index (χ2v) is 4.53. The van der Waals surface area contributed by atoms with Gasteiger partial charge in [-0.15, -0.1) is 0 Å². The summed E-state index contributed by atoms with van der Waals surface area (Å²) in [6, 6.07) is 4.12. The van der Waals surface area contributed by atoms with Crippen molar-refractivity contribution >= 4 is 17.3 Å². The predicted octanol–water partition coefficient (Wildman–Crippen LogP) is 1.91. The lowest BCUT2D eigenvalue weighted by Crippen LogP contribution is -2.21. The maximum Gasteiger partial charge on any atom is 0.292 e. The number of anilines is 1. The quantitative estimate of drug-likeness (QED) is 0.615. The van der Waals surface area contributed by atoms with E-state index in [2.05, 4.69) is 5.32 Å². The van der Waals surface area contributed by atoms with Crippen LogP contribution in [0.2, 0.25) is 0 Å². The Morgan fingerprint density at radius 2 is 2.22 bits per heavy atom. The molecule has 1 fully saturated rings. The summed E-state index contributed by atoms with van der Waals surface area (Å²) in [7, 11) is 0. The molecule has 0 heterocycles. The van der Waals surface area contributed by atoms with E-state index in [0.717, 1.165) is 12.8 Å². The van der Waals surface area contributed by atoms with Crippen LogP contribution in [0.25, 0.3) is 0 Å². The zero-order valence-corrected chi connectivity index (χ0v) is 9.89. The third-order valence-electron chi connectivity index (χ3n) is 3.28. The summed E-state index contributed by atoms with van der Waals surface area (Å²) in [5.74, 6) is -0.0153. The van der Waals surface area contributed by atoms with Crippen LogP contribution in [0, 0.1) is 16.0 Å². The van der Waals surface area contributed by atoms with Crippen LogP contribution < -0.4 is 11.1 Å². The molecule has 0 unspecified atom stereocenters. The number of hydrogen-bond acceptors (Lipinski definition) is 4. The molecule has 6 nitrogen and oxygen atoms in total. The fourth-order valence-corrected chi connectivity index (χ4v) is 1.94. The van der Waals surface area contributed by atoms with Crippen LogP contribution in [-0.4, -0.2) is 17.4 Å². The molecule has 0 atom stereocenters. The van der Waals surface area contributed by atoms with E-state index in [4.69, 9.17) is 5.73 Å². The Labute approximate surface area is 104 Å². The molecular weight excluding hydrogens is 234 g/mol. The Balaban J connectivity index is 2.19. The number of hydrogen-bond donors (Lipinski definition) is 2. The lowest BCUT2D eigenvalue weighted by molar-refractivity contribution is -0.384. The molecule has 0 spiro atoms. The SMILES string of the molecule is NC(=O)c1ccc([N+](=O)[O-])c(NCC2CCC2)c1. The average molecular weight is 249 g/mol. The van der Waals surface area contributed by atoms with Gasteiger partial charge < -0.3 is 11.1 Å². The first kappa shape index (κ1) is 12.3. The highest BCUT2D eigenvalue weighted by atomic mass is 16.6. The molecule has 6 heteroatoms. The van der Waals surface area contributed by atoms with E-state index < -0.39 is 10.8 Å². The molecule has 0 saturated heterocycles. The third kappa shape index (κ3) is 2.58. The van der Waals surface area contributed by atoms with Crippen LogP contribution >= 0.6 is 0 Å². The van der Waals surface area contributed by atoms with Crippen molar-refractivity contribution in [3.8, 4) is 0 Å². The number of benzene rings is 1. The number of carbonyl (C=O) groups excluding carboxylic acids is 1. The Hall–Kier alpha value is -2.11. The first-order chi connectivity index (χ1) is 8.58. The van der Waals surface area contributed by atoms with Gasteiger partial charge in [0.1, 0.15) is 5.69 Å². The number of rotatable bonds is 5. The standard InChI is InChI=1S/C12H15N3O3/c13-12(16)9-4-5-11(15(17)18)10(6-9)14-7-8-2-1-3-8/h4-6,8,14H,1-3,7H2,(H2,13,16). The fraction of sp³-hybridized carbons (Fsp3) is 0.417. The number of nitro groups is 1. The van der Waals surface area contributed by atoms with Crippen molar-refractivity contribution in [1.29, 1.82) is 0 Å². The van der Waals surface area contributed by atoms with Gasteiger partial charge >= 0.3 is 0 Å². The molecule has 0 radical (unpaired) electrons. The first-order valence-electron chi connectivity index (χ1n) is 5.90. The molecule has 1 aliphatic rings. The zero-order valence-electron chi connectivity index (χ0n) is 9.89. The number of amides is 1. The summed E-state index contributed by atoms with van der Waals surface area (Å²) in [5.41, 5.74) is 5.78. The van der Waals surface area contributed by atoms with Gasteiger partial charge in [-0.05, 0) is 30.9 Å². The molecule has 2 rings (SSSR count). The summed E-state index contributed by atoms with van der Waals surface area (Å²) in [5, 5.41) is 13.9. The second kappa shape index (κ2) is 5.03. The molecule has 1 aromatic rings. The Morgan fingerprint density at radius 3 is 2.72 bits per heavy atom. The fourth-order valence-electron chi connectivity index (χ4n) is 1.94. The largest absolute Gasteiger partial charge is 0.379 e. The lowest BCUT2D eigenvalue weighted by Gasteiger charge is -2.25. The van der Waals surface area contributed by atoms with Gasteiger partial charge in [-0.3, -0.25) is 14.9 Å². The van der Waals surface area contributed by atoms with Crippen molar-refractivity contribution < 1.29 is 9.72 Å². The van der Waals surface area contributed by atoms with Gasteiger partial charge in [0.05, 0.1) is 4.92 Å². The van der Waals surface area contributed by atoms with Gasteiger partial charge in [0, 0.05) is 18.2 Å². The Bertz CT molecular complexity index is 483. The van der Waals surface area contributed by atoms with Crippen LogP contribution in [0.4, 0.5) is 11.4 Å². The molecule has 1 saturated carbocycles. The van der Waals surface area contributed by atoms with E-state index >= 15 is 0 Å². The zero-order chi connectivity index (χ0) is 13.1. The lowest BCUT2D eigenvalue weighted by atomic mass is 9.85. The van der Waals surface area contributed by atoms with Gasteiger partial charge in [-0.25, -0.2) is 0 Å². The third-order valence-corrected chi connectivity index (χ3v) is 3.28. The van der Waals surface area contributed by atoms with Gasteiger partial charge in [0.15, 0.2) is 0 Å². The van der Waals surface area contributed by atoms with E-state index in [1.54, 1.807) is 0 Å². The maximum atomic E-state index is 11.1. The number of nitrogens with one attached hydrogen (secondary N) is 1. The normalized spacial score (nSPS) is 14.9. The first-order valence-corrected chi connectivity index (χ1v) is 5.90. The summed E-state index contributed by atoms with van der Waals surface area (Å²) in [6.45, 7) is 0.697. The van der Waals surface area contributed by atoms with E-state index in [1.165, 1.54) is 24.6 Å². The van der Waals surface area contributed by atoms with Crippen molar-refractivity contribution in [3.05, 3.63) is 33.9 Å². The summed E-state index contributed by atoms with van der Waals surface area (Å²) in [6.07, 6.45) is 3.52. The second-order valence-electron chi connectivity index (χ2n) is 4.53. The predicted molar refractivity (Wildman–Crippen MR) is 67.4 cm³/mol. The Morgan fingerprint density at radius 1 is 1.50 bits per heavy atom. The number of nitrogens with two attached hydrogens (primary N) is 1. The van der Waals surface area contributed by atoms with Gasteiger partial charge in [0.2, 0.25) is 5.91 Å². The number of primary amides is 1. The van der Waals surface area contributed by atoms with E-state index in [1.807, 2.05) is 0 Å². The summed E-state index contributed by atoms with van der Waals surface area (Å²) >= 11 is 0. The van der Waals surface area contributed by atoms with Crippen LogP contribution in [-0.2, 0) is 0 Å². The molecule has 0 aromatic heterocycles. The molecule has 1 aliphatic carbocycles. The molecule has 18 heavy (non-hydrogen) atoms. The van der Waals surface area contributed by atoms with E-state index in [0.29, 0.717) is 18.2 Å². The van der Waals surface area contributed by atoms with Crippen molar-refractivity contribution in [3.63, 3.8) is 0 Å². The summed E-state index contributed by atoms with van der Waals surface area (Å²) in [4.78, 5) is 21.5. The van der Waals surface area contributed by atoms with Crippen molar-refractivity contribution in [2.24, 2.45) is 11.7 Å². The molecule has 1 amide bonds. The minimum atomic E-state index is -0.586. The van der Waals surface area contributed by atoms with E-state index in [-0.39, 0.29) is 11.3 Å². The van der Waals surface area contributed by atoms with Crippen LogP contribution in [0.3, 0.4) is 0 Å². The highest BCUT2D eigenvalue weighted by Gasteiger charge is 2.20. The topological polar surface area (TPSA) is 98.3 Å². The number of nitro benzene ring substituents is 1. The smallest absolute Gasteiger partial charge is 0.292 e. The Kier molecular flexibility index (Phi) is 3.45. The number of nitrogens with zero attached hydrogens (tertiary/aromatic N) is 1. The monoisotopic (exact) mass is 249 g/mol. The highest BCUT2D eigenvalue weighted by Crippen LogP contribution is 2.29. The van der Waals surface area contributed by atoms with E-state index in [9.17, 15) is 14.9 Å².